The highest BCUT2D eigenvalue weighted by molar-refractivity contribution is 7.99. The average Bonchev–Trinajstić information content (AvgIpc) is 2.41. The van der Waals surface area contributed by atoms with Gasteiger partial charge >= 0.3 is 6.09 Å². The number of carbonyl (C=O) groups excluding carboxylic acids is 2. The molecule has 1 amide bonds. The smallest absolute Gasteiger partial charge is 0.408 e. The third-order valence-corrected chi connectivity index (χ3v) is 3.74. The Kier molecular flexibility index (Phi) is 7.05. The molecule has 1 rings (SSSR count). The Bertz CT molecular complexity index is 474. The lowest BCUT2D eigenvalue weighted by atomic mass is 10.2. The number of rotatable bonds is 6. The zero-order valence-electron chi connectivity index (χ0n) is 12.4. The van der Waals surface area contributed by atoms with Crippen molar-refractivity contribution in [2.24, 2.45) is 0 Å². The molecule has 4 nitrogen and oxygen atoms in total. The Labute approximate surface area is 134 Å². The first-order chi connectivity index (χ1) is 9.81. The van der Waals surface area contributed by atoms with Gasteiger partial charge in [0.1, 0.15) is 11.6 Å². The first-order valence-corrected chi connectivity index (χ1v) is 8.10. The lowest BCUT2D eigenvalue weighted by Gasteiger charge is -2.22. The van der Waals surface area contributed by atoms with Crippen LogP contribution in [-0.2, 0) is 9.53 Å². The van der Waals surface area contributed by atoms with Crippen molar-refractivity contribution in [2.75, 3.05) is 11.6 Å². The Morgan fingerprint density at radius 2 is 1.90 bits per heavy atom. The second-order valence-corrected chi connectivity index (χ2v) is 6.78. The number of ketones is 1. The van der Waals surface area contributed by atoms with Crippen LogP contribution in [0.3, 0.4) is 0 Å². The Morgan fingerprint density at radius 3 is 2.43 bits per heavy atom. The fourth-order valence-electron chi connectivity index (χ4n) is 1.45. The van der Waals surface area contributed by atoms with E-state index in [0.29, 0.717) is 5.75 Å². The molecule has 0 aliphatic rings. The summed E-state index contributed by atoms with van der Waals surface area (Å²) in [6, 6.07) is 8.98. The SMILES string of the molecule is CC(C)(C)OC(=O)N[C@H](CSc1ccccc1)C(=O)CCl. The summed E-state index contributed by atoms with van der Waals surface area (Å²) in [6.07, 6.45) is -0.611. The molecule has 0 bridgehead atoms. The summed E-state index contributed by atoms with van der Waals surface area (Å²) in [5.41, 5.74) is -0.606. The maximum absolute atomic E-state index is 11.8. The van der Waals surface area contributed by atoms with E-state index in [1.54, 1.807) is 20.8 Å². The lowest BCUT2D eigenvalue weighted by Crippen LogP contribution is -2.45. The van der Waals surface area contributed by atoms with Gasteiger partial charge in [-0.3, -0.25) is 4.79 Å². The number of halogens is 1. The minimum Gasteiger partial charge on any atom is -0.444 e. The maximum atomic E-state index is 11.8. The summed E-state index contributed by atoms with van der Waals surface area (Å²) in [7, 11) is 0. The molecular weight excluding hydrogens is 310 g/mol. The molecule has 0 radical (unpaired) electrons. The first kappa shape index (κ1) is 17.9. The van der Waals surface area contributed by atoms with Crippen molar-refractivity contribution in [1.29, 1.82) is 0 Å². The van der Waals surface area contributed by atoms with E-state index in [1.807, 2.05) is 30.3 Å². The van der Waals surface area contributed by atoms with Crippen molar-refractivity contribution in [2.45, 2.75) is 37.3 Å². The topological polar surface area (TPSA) is 55.4 Å². The van der Waals surface area contributed by atoms with Gasteiger partial charge in [0.2, 0.25) is 0 Å². The number of hydrogen-bond acceptors (Lipinski definition) is 4. The Balaban J connectivity index is 2.60. The standard InChI is InChI=1S/C15H20ClNO3S/c1-15(2,3)20-14(19)17-12(13(18)9-16)10-21-11-7-5-4-6-8-11/h4-8,12H,9-10H2,1-3H3,(H,17,19)/t12-/m1/s1. The highest BCUT2D eigenvalue weighted by atomic mass is 35.5. The van der Waals surface area contributed by atoms with Gasteiger partial charge in [-0.25, -0.2) is 4.79 Å². The largest absolute Gasteiger partial charge is 0.444 e. The van der Waals surface area contributed by atoms with Crippen molar-refractivity contribution in [1.82, 2.24) is 5.32 Å². The third kappa shape index (κ3) is 7.39. The number of benzene rings is 1. The number of ether oxygens (including phenoxy) is 1. The van der Waals surface area contributed by atoms with Crippen LogP contribution in [0.25, 0.3) is 0 Å². The minimum absolute atomic E-state index is 0.143. The number of Topliss-reactive ketones (excluding diaryl/α,β-unsaturated/α-hetero) is 1. The van der Waals surface area contributed by atoms with Crippen LogP contribution >= 0.6 is 23.4 Å². The minimum atomic E-state index is -0.664. The van der Waals surface area contributed by atoms with Gasteiger partial charge in [0.25, 0.3) is 0 Å². The third-order valence-electron chi connectivity index (χ3n) is 2.37. The van der Waals surface area contributed by atoms with E-state index in [4.69, 9.17) is 16.3 Å². The van der Waals surface area contributed by atoms with Crippen LogP contribution in [0.5, 0.6) is 0 Å². The van der Waals surface area contributed by atoms with Crippen LogP contribution in [0.15, 0.2) is 35.2 Å². The Morgan fingerprint density at radius 1 is 1.29 bits per heavy atom. The van der Waals surface area contributed by atoms with Gasteiger partial charge in [-0.1, -0.05) is 18.2 Å². The van der Waals surface area contributed by atoms with Gasteiger partial charge in [-0.2, -0.15) is 0 Å². The van der Waals surface area contributed by atoms with Gasteiger partial charge in [-0.15, -0.1) is 23.4 Å². The molecule has 1 atom stereocenters. The van der Waals surface area contributed by atoms with Crippen molar-refractivity contribution in [3.63, 3.8) is 0 Å². The zero-order chi connectivity index (χ0) is 15.9. The van der Waals surface area contributed by atoms with Gasteiger partial charge in [0.15, 0.2) is 5.78 Å². The molecule has 21 heavy (non-hydrogen) atoms. The highest BCUT2D eigenvalue weighted by Gasteiger charge is 2.23. The molecule has 0 unspecified atom stereocenters. The number of nitrogens with one attached hydrogen (secondary N) is 1. The van der Waals surface area contributed by atoms with Crippen LogP contribution in [0.4, 0.5) is 4.79 Å². The molecule has 0 aliphatic heterocycles. The molecular formula is C15H20ClNO3S. The normalized spacial score (nSPS) is 12.6. The molecule has 0 saturated carbocycles. The van der Waals surface area contributed by atoms with E-state index >= 15 is 0 Å². The first-order valence-electron chi connectivity index (χ1n) is 6.58. The zero-order valence-corrected chi connectivity index (χ0v) is 14.0. The summed E-state index contributed by atoms with van der Waals surface area (Å²) in [6.45, 7) is 5.30. The molecule has 0 aliphatic carbocycles. The number of carbonyl (C=O) groups is 2. The maximum Gasteiger partial charge on any atom is 0.408 e. The van der Waals surface area contributed by atoms with Gasteiger partial charge < -0.3 is 10.1 Å². The van der Waals surface area contributed by atoms with E-state index in [2.05, 4.69) is 5.32 Å². The summed E-state index contributed by atoms with van der Waals surface area (Å²) in [5.74, 6) is 0.0379. The van der Waals surface area contributed by atoms with E-state index in [0.717, 1.165) is 4.90 Å². The number of thioether (sulfide) groups is 1. The predicted octanol–water partition coefficient (Wildman–Crippen LogP) is 3.48. The number of hydrogen-bond donors (Lipinski definition) is 1. The Hall–Kier alpha value is -1.20. The second kappa shape index (κ2) is 8.29. The molecule has 1 N–H and O–H groups in total. The van der Waals surface area contributed by atoms with Crippen LogP contribution in [0, 0.1) is 0 Å². The van der Waals surface area contributed by atoms with Crippen LogP contribution < -0.4 is 5.32 Å². The summed E-state index contributed by atoms with van der Waals surface area (Å²) >= 11 is 7.08. The number of alkyl halides is 1. The molecule has 0 aromatic heterocycles. The molecule has 1 aromatic carbocycles. The summed E-state index contributed by atoms with van der Waals surface area (Å²) in [5, 5.41) is 2.58. The molecule has 0 heterocycles. The van der Waals surface area contributed by atoms with E-state index in [9.17, 15) is 9.59 Å². The molecule has 6 heteroatoms. The van der Waals surface area contributed by atoms with Gasteiger partial charge in [0.05, 0.1) is 5.88 Å². The monoisotopic (exact) mass is 329 g/mol. The predicted molar refractivity (Wildman–Crippen MR) is 86.1 cm³/mol. The van der Waals surface area contributed by atoms with Crippen molar-refractivity contribution < 1.29 is 14.3 Å². The summed E-state index contributed by atoms with van der Waals surface area (Å²) < 4.78 is 5.16. The van der Waals surface area contributed by atoms with Crippen LogP contribution in [0.2, 0.25) is 0 Å². The summed E-state index contributed by atoms with van der Waals surface area (Å²) in [4.78, 5) is 24.6. The van der Waals surface area contributed by atoms with Crippen molar-refractivity contribution in [3.05, 3.63) is 30.3 Å². The number of alkyl carbamates (subject to hydrolysis) is 1. The van der Waals surface area contributed by atoms with Gasteiger partial charge in [0, 0.05) is 10.6 Å². The quantitative estimate of drug-likeness (QED) is 0.641. The molecule has 0 saturated heterocycles. The average molecular weight is 330 g/mol. The van der Waals surface area contributed by atoms with Crippen molar-refractivity contribution >= 4 is 35.2 Å². The fourth-order valence-corrected chi connectivity index (χ4v) is 2.62. The second-order valence-electron chi connectivity index (χ2n) is 5.42. The van der Waals surface area contributed by atoms with Crippen LogP contribution in [-0.4, -0.2) is 35.2 Å². The van der Waals surface area contributed by atoms with E-state index < -0.39 is 17.7 Å². The van der Waals surface area contributed by atoms with E-state index in [-0.39, 0.29) is 11.7 Å². The van der Waals surface area contributed by atoms with Gasteiger partial charge in [-0.05, 0) is 32.9 Å². The number of amides is 1. The molecule has 1 aromatic rings. The van der Waals surface area contributed by atoms with Crippen LogP contribution in [0.1, 0.15) is 20.8 Å². The van der Waals surface area contributed by atoms with Crippen molar-refractivity contribution in [3.8, 4) is 0 Å². The highest BCUT2D eigenvalue weighted by Crippen LogP contribution is 2.18. The molecule has 0 fully saturated rings. The molecule has 116 valence electrons. The lowest BCUT2D eigenvalue weighted by molar-refractivity contribution is -0.118. The van der Waals surface area contributed by atoms with E-state index in [1.165, 1.54) is 11.8 Å². The molecule has 0 spiro atoms. The fraction of sp³-hybridized carbons (Fsp3) is 0.467.